The third-order valence-corrected chi connectivity index (χ3v) is 6.87. The van der Waals surface area contributed by atoms with Gasteiger partial charge in [0.25, 0.3) is 10.0 Å². The molecule has 2 heterocycles. The maximum absolute atomic E-state index is 12.8. The minimum atomic E-state index is -3.97. The fourth-order valence-electron chi connectivity index (χ4n) is 3.00. The fourth-order valence-corrected chi connectivity index (χ4v) is 5.22. The molecular formula is C20H19N3O6S2. The molecule has 0 radical (unpaired) electrons. The van der Waals surface area contributed by atoms with E-state index in [0.717, 1.165) is 14.8 Å². The Labute approximate surface area is 181 Å². The van der Waals surface area contributed by atoms with E-state index in [1.807, 2.05) is 32.0 Å². The average Bonchev–Trinajstić information content (AvgIpc) is 3.24. The van der Waals surface area contributed by atoms with E-state index in [-0.39, 0.29) is 28.8 Å². The highest BCUT2D eigenvalue weighted by atomic mass is 32.2. The lowest BCUT2D eigenvalue weighted by Gasteiger charge is -2.06. The Morgan fingerprint density at radius 3 is 2.84 bits per heavy atom. The van der Waals surface area contributed by atoms with Crippen LogP contribution in [0.2, 0.25) is 0 Å². The van der Waals surface area contributed by atoms with Crippen molar-refractivity contribution in [2.75, 3.05) is 11.3 Å². The lowest BCUT2D eigenvalue weighted by Crippen LogP contribution is -2.21. The van der Waals surface area contributed by atoms with Crippen LogP contribution in [-0.2, 0) is 26.1 Å². The molecule has 2 aromatic heterocycles. The summed E-state index contributed by atoms with van der Waals surface area (Å²) in [7, 11) is -3.97. The number of fused-ring (bicyclic) bond motifs is 2. The number of thiazole rings is 1. The molecule has 2 aromatic carbocycles. The van der Waals surface area contributed by atoms with Gasteiger partial charge < -0.3 is 9.15 Å². The van der Waals surface area contributed by atoms with Crippen molar-refractivity contribution in [3.8, 4) is 0 Å². The molecule has 0 aliphatic rings. The molecule has 0 spiro atoms. The monoisotopic (exact) mass is 461 g/mol. The molecule has 11 heteroatoms. The molecule has 4 aromatic rings. The number of nitrogens with one attached hydrogen (secondary N) is 1. The molecule has 0 bridgehead atoms. The van der Waals surface area contributed by atoms with Crippen LogP contribution in [0.3, 0.4) is 0 Å². The number of aromatic nitrogens is 2. The second-order valence-corrected chi connectivity index (χ2v) is 9.61. The van der Waals surface area contributed by atoms with Gasteiger partial charge in [-0.05, 0) is 43.2 Å². The van der Waals surface area contributed by atoms with Gasteiger partial charge in [0.2, 0.25) is 0 Å². The number of carbonyl (C=O) groups is 1. The number of benzene rings is 2. The van der Waals surface area contributed by atoms with Gasteiger partial charge in [-0.2, -0.15) is 0 Å². The number of anilines is 1. The topological polar surface area (TPSA) is 120 Å². The van der Waals surface area contributed by atoms with E-state index in [1.165, 1.54) is 29.5 Å². The van der Waals surface area contributed by atoms with Gasteiger partial charge in [-0.1, -0.05) is 24.3 Å². The summed E-state index contributed by atoms with van der Waals surface area (Å²) in [6.45, 7) is 3.74. The summed E-state index contributed by atoms with van der Waals surface area (Å²) >= 11 is 1.23. The van der Waals surface area contributed by atoms with Crippen molar-refractivity contribution >= 4 is 53.8 Å². The molecule has 0 amide bonds. The standard InChI is InChI=1S/C20H19N3O6S2/c1-3-8-28-18(24)11-23-15-7-5-13(10-16(15)29-20(23)25)31(26,27)22-19-21-14-6-4-12(2)9-17(14)30-19/h4-7,9-10H,3,8,11H2,1-2H3,(H,21,22). The molecule has 0 fully saturated rings. The van der Waals surface area contributed by atoms with Gasteiger partial charge in [0.1, 0.15) is 6.54 Å². The van der Waals surface area contributed by atoms with E-state index >= 15 is 0 Å². The van der Waals surface area contributed by atoms with Crippen LogP contribution in [0.5, 0.6) is 0 Å². The van der Waals surface area contributed by atoms with E-state index in [0.29, 0.717) is 17.5 Å². The lowest BCUT2D eigenvalue weighted by atomic mass is 10.2. The number of sulfonamides is 1. The van der Waals surface area contributed by atoms with Crippen LogP contribution in [0.1, 0.15) is 18.9 Å². The number of esters is 1. The minimum Gasteiger partial charge on any atom is -0.464 e. The van der Waals surface area contributed by atoms with Gasteiger partial charge in [-0.25, -0.2) is 18.2 Å². The summed E-state index contributed by atoms with van der Waals surface area (Å²) in [5, 5.41) is 0.235. The number of oxazole rings is 1. The summed E-state index contributed by atoms with van der Waals surface area (Å²) in [5.41, 5.74) is 2.10. The maximum Gasteiger partial charge on any atom is 0.420 e. The normalized spacial score (nSPS) is 11.8. The zero-order valence-corrected chi connectivity index (χ0v) is 18.4. The number of hydrogen-bond donors (Lipinski definition) is 1. The minimum absolute atomic E-state index is 0.0519. The predicted molar refractivity (Wildman–Crippen MR) is 117 cm³/mol. The molecule has 0 aliphatic heterocycles. The number of rotatable bonds is 7. The van der Waals surface area contributed by atoms with Gasteiger partial charge in [-0.15, -0.1) is 0 Å². The quantitative estimate of drug-likeness (QED) is 0.419. The largest absolute Gasteiger partial charge is 0.464 e. The number of nitrogens with zero attached hydrogens (tertiary/aromatic N) is 2. The Morgan fingerprint density at radius 2 is 2.06 bits per heavy atom. The first-order valence-corrected chi connectivity index (χ1v) is 11.8. The van der Waals surface area contributed by atoms with Crippen molar-refractivity contribution in [1.29, 1.82) is 0 Å². The van der Waals surface area contributed by atoms with Gasteiger partial charge in [0, 0.05) is 6.07 Å². The summed E-state index contributed by atoms with van der Waals surface area (Å²) in [6, 6.07) is 9.66. The van der Waals surface area contributed by atoms with Crippen molar-refractivity contribution in [2.45, 2.75) is 31.7 Å². The van der Waals surface area contributed by atoms with Crippen molar-refractivity contribution < 1.29 is 22.4 Å². The molecule has 0 saturated carbocycles. The first kappa shape index (κ1) is 21.1. The second-order valence-electron chi connectivity index (χ2n) is 6.90. The Bertz CT molecular complexity index is 1450. The van der Waals surface area contributed by atoms with Crippen molar-refractivity contribution in [2.24, 2.45) is 0 Å². The highest BCUT2D eigenvalue weighted by molar-refractivity contribution is 7.93. The molecule has 31 heavy (non-hydrogen) atoms. The van der Waals surface area contributed by atoms with Crippen LogP contribution >= 0.6 is 11.3 Å². The molecular weight excluding hydrogens is 442 g/mol. The number of carbonyl (C=O) groups excluding carboxylic acids is 1. The summed E-state index contributed by atoms with van der Waals surface area (Å²) in [6.07, 6.45) is 0.662. The number of hydrogen-bond acceptors (Lipinski definition) is 8. The Morgan fingerprint density at radius 1 is 1.26 bits per heavy atom. The van der Waals surface area contributed by atoms with E-state index in [1.54, 1.807) is 0 Å². The number of ether oxygens (including phenoxy) is 1. The number of aryl methyl sites for hydroxylation is 1. The molecule has 0 aliphatic carbocycles. The predicted octanol–water partition coefficient (Wildman–Crippen LogP) is 3.27. The molecule has 0 unspecified atom stereocenters. The first-order chi connectivity index (χ1) is 14.8. The molecule has 4 rings (SSSR count). The highest BCUT2D eigenvalue weighted by Crippen LogP contribution is 2.29. The van der Waals surface area contributed by atoms with E-state index in [2.05, 4.69) is 9.71 Å². The summed E-state index contributed by atoms with van der Waals surface area (Å²) < 4.78 is 40.2. The van der Waals surface area contributed by atoms with Crippen LogP contribution in [0.4, 0.5) is 5.13 Å². The van der Waals surface area contributed by atoms with Gasteiger partial charge in [0.05, 0.1) is 27.2 Å². The molecule has 162 valence electrons. The second kappa shape index (κ2) is 8.16. The zero-order valence-electron chi connectivity index (χ0n) is 16.7. The smallest absolute Gasteiger partial charge is 0.420 e. The third kappa shape index (κ3) is 4.32. The van der Waals surface area contributed by atoms with Crippen LogP contribution in [-0.4, -0.2) is 30.5 Å². The molecule has 0 atom stereocenters. The average molecular weight is 462 g/mol. The fraction of sp³-hybridized carbons (Fsp3) is 0.250. The van der Waals surface area contributed by atoms with E-state index in [4.69, 9.17) is 9.15 Å². The first-order valence-electron chi connectivity index (χ1n) is 9.46. The van der Waals surface area contributed by atoms with Crippen LogP contribution in [0, 0.1) is 6.92 Å². The lowest BCUT2D eigenvalue weighted by molar-refractivity contribution is -0.144. The van der Waals surface area contributed by atoms with Crippen LogP contribution < -0.4 is 10.5 Å². The van der Waals surface area contributed by atoms with Crippen molar-refractivity contribution in [1.82, 2.24) is 9.55 Å². The molecule has 0 saturated heterocycles. The molecule has 9 nitrogen and oxygen atoms in total. The van der Waals surface area contributed by atoms with E-state index in [9.17, 15) is 18.0 Å². The molecule has 1 N–H and O–H groups in total. The highest BCUT2D eigenvalue weighted by Gasteiger charge is 2.20. The SMILES string of the molecule is CCCOC(=O)Cn1c(=O)oc2cc(S(=O)(=O)Nc3nc4ccc(C)cc4s3)ccc21. The van der Waals surface area contributed by atoms with Gasteiger partial charge in [0.15, 0.2) is 10.7 Å². The third-order valence-electron chi connectivity index (χ3n) is 4.47. The Kier molecular flexibility index (Phi) is 5.54. The Hall–Kier alpha value is -3.18. The van der Waals surface area contributed by atoms with Gasteiger partial charge in [-0.3, -0.25) is 14.1 Å². The summed E-state index contributed by atoms with van der Waals surface area (Å²) in [5.74, 6) is -1.34. The van der Waals surface area contributed by atoms with Crippen LogP contribution in [0.15, 0.2) is 50.5 Å². The zero-order chi connectivity index (χ0) is 22.2. The van der Waals surface area contributed by atoms with Crippen molar-refractivity contribution in [3.05, 3.63) is 52.5 Å². The maximum atomic E-state index is 12.8. The van der Waals surface area contributed by atoms with Gasteiger partial charge >= 0.3 is 11.7 Å². The Balaban J connectivity index is 1.62. The van der Waals surface area contributed by atoms with Crippen molar-refractivity contribution in [3.63, 3.8) is 0 Å². The van der Waals surface area contributed by atoms with Crippen LogP contribution in [0.25, 0.3) is 21.3 Å². The summed E-state index contributed by atoms with van der Waals surface area (Å²) in [4.78, 5) is 28.2. The van der Waals surface area contributed by atoms with E-state index < -0.39 is 21.7 Å².